The van der Waals surface area contributed by atoms with Gasteiger partial charge in [0.1, 0.15) is 12.1 Å². The summed E-state index contributed by atoms with van der Waals surface area (Å²) in [7, 11) is 1.45. The Hall–Kier alpha value is -3.44. The van der Waals surface area contributed by atoms with Gasteiger partial charge in [-0.15, -0.1) is 0 Å². The minimum absolute atomic E-state index is 0.115. The number of amides is 1. The lowest BCUT2D eigenvalue weighted by atomic mass is 10.2. The van der Waals surface area contributed by atoms with Crippen LogP contribution < -0.4 is 20.9 Å². The summed E-state index contributed by atoms with van der Waals surface area (Å²) in [6.45, 7) is 0. The van der Waals surface area contributed by atoms with Crippen LogP contribution in [-0.2, 0) is 0 Å². The standard InChI is InChI=1S/C18H14BrClN6O4/c1-30-14-7-6-12(20)8-13(14)23-16-15(26(28)29)17(22-9-21-16)24-25-18(27)10-2-4-11(19)5-3-10/h2-9H,1H3,(H,25,27)(H2,21,22,23,24). The van der Waals surface area contributed by atoms with Crippen LogP contribution in [0, 0.1) is 10.1 Å². The highest BCUT2D eigenvalue weighted by molar-refractivity contribution is 9.10. The highest BCUT2D eigenvalue weighted by atomic mass is 79.9. The number of nitrogens with one attached hydrogen (secondary N) is 3. The fourth-order valence-electron chi connectivity index (χ4n) is 2.43. The molecule has 0 spiro atoms. The first-order chi connectivity index (χ1) is 14.4. The lowest BCUT2D eigenvalue weighted by Crippen LogP contribution is -2.30. The summed E-state index contributed by atoms with van der Waals surface area (Å²) in [6.07, 6.45) is 1.11. The second-order valence-electron chi connectivity index (χ2n) is 5.73. The molecule has 0 fully saturated rings. The summed E-state index contributed by atoms with van der Waals surface area (Å²) in [5.74, 6) is -0.410. The number of hydrogen-bond acceptors (Lipinski definition) is 8. The van der Waals surface area contributed by atoms with E-state index in [0.29, 0.717) is 22.0 Å². The molecule has 0 saturated heterocycles. The lowest BCUT2D eigenvalue weighted by molar-refractivity contribution is -0.383. The first kappa shape index (κ1) is 21.3. The van der Waals surface area contributed by atoms with Crippen molar-refractivity contribution in [3.05, 3.63) is 74.0 Å². The van der Waals surface area contributed by atoms with Gasteiger partial charge < -0.3 is 10.1 Å². The molecule has 0 saturated carbocycles. The van der Waals surface area contributed by atoms with E-state index in [2.05, 4.69) is 42.1 Å². The number of ether oxygens (including phenoxy) is 1. The smallest absolute Gasteiger partial charge is 0.355 e. The van der Waals surface area contributed by atoms with E-state index in [9.17, 15) is 14.9 Å². The molecule has 0 atom stereocenters. The van der Waals surface area contributed by atoms with Gasteiger partial charge in [0.05, 0.1) is 17.7 Å². The predicted octanol–water partition coefficient (Wildman–Crippen LogP) is 4.31. The van der Waals surface area contributed by atoms with Crippen molar-refractivity contribution in [2.24, 2.45) is 0 Å². The van der Waals surface area contributed by atoms with Crippen LogP contribution in [0.4, 0.5) is 23.0 Å². The van der Waals surface area contributed by atoms with Gasteiger partial charge in [-0.1, -0.05) is 27.5 Å². The highest BCUT2D eigenvalue weighted by Gasteiger charge is 2.24. The summed E-state index contributed by atoms with van der Waals surface area (Å²) >= 11 is 9.28. The van der Waals surface area contributed by atoms with E-state index < -0.39 is 16.5 Å². The SMILES string of the molecule is COc1ccc(Cl)cc1Nc1ncnc(NNC(=O)c2ccc(Br)cc2)c1[N+](=O)[O-]. The molecule has 3 N–H and O–H groups in total. The lowest BCUT2D eigenvalue weighted by Gasteiger charge is -2.13. The van der Waals surface area contributed by atoms with Crippen LogP contribution in [0.5, 0.6) is 5.75 Å². The van der Waals surface area contributed by atoms with Crippen LogP contribution in [0.1, 0.15) is 10.4 Å². The van der Waals surface area contributed by atoms with Crippen LogP contribution in [-0.4, -0.2) is 27.9 Å². The molecule has 0 aliphatic heterocycles. The number of anilines is 3. The number of carbonyl (C=O) groups is 1. The van der Waals surface area contributed by atoms with E-state index in [0.717, 1.165) is 10.8 Å². The normalized spacial score (nSPS) is 10.2. The molecule has 3 rings (SSSR count). The summed E-state index contributed by atoms with van der Waals surface area (Å²) < 4.78 is 6.04. The number of hydrazine groups is 1. The topological polar surface area (TPSA) is 131 Å². The Bertz CT molecular complexity index is 1100. The van der Waals surface area contributed by atoms with Gasteiger partial charge >= 0.3 is 5.69 Å². The number of rotatable bonds is 7. The first-order valence-electron chi connectivity index (χ1n) is 8.31. The molecular formula is C18H14BrClN6O4. The van der Waals surface area contributed by atoms with Crippen molar-refractivity contribution in [2.75, 3.05) is 17.9 Å². The Labute approximate surface area is 183 Å². The van der Waals surface area contributed by atoms with Crippen molar-refractivity contribution < 1.29 is 14.5 Å². The molecule has 30 heavy (non-hydrogen) atoms. The largest absolute Gasteiger partial charge is 0.495 e. The van der Waals surface area contributed by atoms with Gasteiger partial charge in [-0.2, -0.15) is 0 Å². The number of benzene rings is 2. The Balaban J connectivity index is 1.86. The number of nitro groups is 1. The Morgan fingerprint density at radius 1 is 1.17 bits per heavy atom. The number of aromatic nitrogens is 2. The fraction of sp³-hybridized carbons (Fsp3) is 0.0556. The van der Waals surface area contributed by atoms with Crippen molar-refractivity contribution in [2.45, 2.75) is 0 Å². The second kappa shape index (κ2) is 9.37. The molecule has 12 heteroatoms. The van der Waals surface area contributed by atoms with Crippen LogP contribution >= 0.6 is 27.5 Å². The maximum absolute atomic E-state index is 12.3. The molecule has 1 aromatic heterocycles. The number of nitrogens with zero attached hydrogens (tertiary/aromatic N) is 3. The van der Waals surface area contributed by atoms with Gasteiger partial charge in [0.2, 0.25) is 11.6 Å². The minimum Gasteiger partial charge on any atom is -0.495 e. The maximum atomic E-state index is 12.3. The van der Waals surface area contributed by atoms with E-state index in [1.54, 1.807) is 36.4 Å². The molecule has 1 heterocycles. The third kappa shape index (κ3) is 4.93. The van der Waals surface area contributed by atoms with E-state index in [-0.39, 0.29) is 11.6 Å². The average Bonchev–Trinajstić information content (AvgIpc) is 2.72. The molecule has 3 aromatic rings. The monoisotopic (exact) mass is 492 g/mol. The summed E-state index contributed by atoms with van der Waals surface area (Å²) in [4.78, 5) is 31.1. The third-order valence-corrected chi connectivity index (χ3v) is 4.58. The predicted molar refractivity (Wildman–Crippen MR) is 115 cm³/mol. The quantitative estimate of drug-likeness (QED) is 0.328. The Morgan fingerprint density at radius 3 is 2.53 bits per heavy atom. The average molecular weight is 494 g/mol. The van der Waals surface area contributed by atoms with Crippen LogP contribution in [0.3, 0.4) is 0 Å². The molecule has 10 nitrogen and oxygen atoms in total. The van der Waals surface area contributed by atoms with Gasteiger partial charge in [-0.05, 0) is 42.5 Å². The van der Waals surface area contributed by atoms with E-state index in [4.69, 9.17) is 16.3 Å². The van der Waals surface area contributed by atoms with Gasteiger partial charge in [-0.25, -0.2) is 9.97 Å². The highest BCUT2D eigenvalue weighted by Crippen LogP contribution is 2.35. The van der Waals surface area contributed by atoms with Gasteiger partial charge in [0.25, 0.3) is 5.91 Å². The van der Waals surface area contributed by atoms with Gasteiger partial charge in [0, 0.05) is 15.1 Å². The van der Waals surface area contributed by atoms with Crippen LogP contribution in [0.25, 0.3) is 0 Å². The van der Waals surface area contributed by atoms with Gasteiger partial charge in [-0.3, -0.25) is 25.8 Å². The zero-order valence-electron chi connectivity index (χ0n) is 15.3. The molecular weight excluding hydrogens is 480 g/mol. The molecule has 0 radical (unpaired) electrons. The molecule has 2 aromatic carbocycles. The third-order valence-electron chi connectivity index (χ3n) is 3.82. The number of hydrogen-bond donors (Lipinski definition) is 3. The zero-order valence-corrected chi connectivity index (χ0v) is 17.7. The molecule has 0 unspecified atom stereocenters. The summed E-state index contributed by atoms with van der Waals surface area (Å²) in [5, 5.41) is 14.9. The van der Waals surface area contributed by atoms with Crippen molar-refractivity contribution in [1.82, 2.24) is 15.4 Å². The minimum atomic E-state index is -0.673. The summed E-state index contributed by atoms with van der Waals surface area (Å²) in [6, 6.07) is 11.3. The number of halogens is 2. The van der Waals surface area contributed by atoms with Crippen LogP contribution in [0.15, 0.2) is 53.3 Å². The van der Waals surface area contributed by atoms with Crippen molar-refractivity contribution in [3.8, 4) is 5.75 Å². The summed E-state index contributed by atoms with van der Waals surface area (Å²) in [5.41, 5.74) is 5.10. The van der Waals surface area contributed by atoms with Crippen molar-refractivity contribution >= 4 is 56.4 Å². The molecule has 1 amide bonds. The second-order valence-corrected chi connectivity index (χ2v) is 7.08. The Morgan fingerprint density at radius 2 is 1.87 bits per heavy atom. The number of carbonyl (C=O) groups excluding carboxylic acids is 1. The molecule has 0 aliphatic carbocycles. The van der Waals surface area contributed by atoms with Gasteiger partial charge in [0.15, 0.2) is 0 Å². The van der Waals surface area contributed by atoms with E-state index in [1.165, 1.54) is 13.2 Å². The van der Waals surface area contributed by atoms with Crippen molar-refractivity contribution in [3.63, 3.8) is 0 Å². The molecule has 0 bridgehead atoms. The number of methoxy groups -OCH3 is 1. The van der Waals surface area contributed by atoms with Crippen molar-refractivity contribution in [1.29, 1.82) is 0 Å². The zero-order chi connectivity index (χ0) is 21.7. The van der Waals surface area contributed by atoms with E-state index in [1.807, 2.05) is 0 Å². The van der Waals surface area contributed by atoms with Crippen LogP contribution in [0.2, 0.25) is 5.02 Å². The maximum Gasteiger partial charge on any atom is 0.355 e. The first-order valence-corrected chi connectivity index (χ1v) is 9.48. The Kier molecular flexibility index (Phi) is 6.65. The molecule has 154 valence electrons. The molecule has 0 aliphatic rings. The fourth-order valence-corrected chi connectivity index (χ4v) is 2.87. The van der Waals surface area contributed by atoms with E-state index >= 15 is 0 Å².